The van der Waals surface area contributed by atoms with Crippen LogP contribution in [-0.4, -0.2) is 61.5 Å². The fourth-order valence-corrected chi connectivity index (χ4v) is 3.80. The summed E-state index contributed by atoms with van der Waals surface area (Å²) in [6.45, 7) is 2.78. The Morgan fingerprint density at radius 2 is 1.61 bits per heavy atom. The van der Waals surface area contributed by atoms with Crippen molar-refractivity contribution in [1.29, 1.82) is 0 Å². The van der Waals surface area contributed by atoms with Crippen LogP contribution in [0.25, 0.3) is 0 Å². The molecule has 8 heteroatoms. The first-order chi connectivity index (χ1) is 15.0. The number of halogens is 1. The molecule has 1 saturated heterocycles. The minimum atomic E-state index is -0.521. The summed E-state index contributed by atoms with van der Waals surface area (Å²) in [4.78, 5) is 28.5. The van der Waals surface area contributed by atoms with Gasteiger partial charge >= 0.3 is 0 Å². The van der Waals surface area contributed by atoms with Crippen LogP contribution in [0.4, 0.5) is 0 Å². The van der Waals surface area contributed by atoms with E-state index in [1.54, 1.807) is 19.2 Å². The average Bonchev–Trinajstić information content (AvgIpc) is 2.78. The molecular formula is C23H28ClN3O4. The van der Waals surface area contributed by atoms with Crippen molar-refractivity contribution in [2.75, 3.05) is 39.9 Å². The van der Waals surface area contributed by atoms with Crippen molar-refractivity contribution in [1.82, 2.24) is 9.80 Å². The molecule has 1 aliphatic heterocycles. The Hall–Kier alpha value is -2.77. The Labute approximate surface area is 187 Å². The molecule has 166 valence electrons. The van der Waals surface area contributed by atoms with Crippen LogP contribution in [0.2, 0.25) is 5.02 Å². The molecule has 0 bridgehead atoms. The second-order valence-corrected chi connectivity index (χ2v) is 7.84. The van der Waals surface area contributed by atoms with Crippen LogP contribution in [0.5, 0.6) is 11.5 Å². The number of rotatable bonds is 9. The van der Waals surface area contributed by atoms with Crippen LogP contribution in [-0.2, 0) is 9.59 Å². The van der Waals surface area contributed by atoms with E-state index in [-0.39, 0.29) is 5.91 Å². The normalized spacial score (nSPS) is 15.4. The van der Waals surface area contributed by atoms with Gasteiger partial charge in [-0.05, 0) is 48.4 Å². The Morgan fingerprint density at radius 3 is 2.19 bits per heavy atom. The molecule has 1 fully saturated rings. The zero-order chi connectivity index (χ0) is 22.2. The number of carbonyl (C=O) groups is 2. The fourth-order valence-electron chi connectivity index (χ4n) is 3.67. The molecule has 2 amide bonds. The maximum Gasteiger partial charge on any atom is 0.239 e. The van der Waals surface area contributed by atoms with Crippen LogP contribution in [0.15, 0.2) is 48.5 Å². The van der Waals surface area contributed by atoms with E-state index in [0.717, 1.165) is 17.1 Å². The molecule has 1 heterocycles. The lowest BCUT2D eigenvalue weighted by Gasteiger charge is -2.38. The van der Waals surface area contributed by atoms with Crippen molar-refractivity contribution in [2.45, 2.75) is 18.9 Å². The van der Waals surface area contributed by atoms with Gasteiger partial charge in [-0.25, -0.2) is 0 Å². The highest BCUT2D eigenvalue weighted by Crippen LogP contribution is 2.24. The van der Waals surface area contributed by atoms with E-state index in [4.69, 9.17) is 26.8 Å². The van der Waals surface area contributed by atoms with E-state index in [9.17, 15) is 9.59 Å². The lowest BCUT2D eigenvalue weighted by Crippen LogP contribution is -2.51. The van der Waals surface area contributed by atoms with Crippen molar-refractivity contribution in [3.05, 3.63) is 59.1 Å². The van der Waals surface area contributed by atoms with E-state index in [0.29, 0.717) is 50.7 Å². The molecule has 0 spiro atoms. The number of piperazine rings is 1. The lowest BCUT2D eigenvalue weighted by atomic mass is 10.0. The molecule has 0 unspecified atom stereocenters. The largest absolute Gasteiger partial charge is 0.497 e. The Morgan fingerprint density at radius 1 is 1.00 bits per heavy atom. The molecule has 0 saturated carbocycles. The zero-order valence-electron chi connectivity index (χ0n) is 17.6. The topological polar surface area (TPSA) is 85.1 Å². The molecule has 2 aromatic rings. The third kappa shape index (κ3) is 6.35. The predicted molar refractivity (Wildman–Crippen MR) is 119 cm³/mol. The molecule has 2 N–H and O–H groups in total. The van der Waals surface area contributed by atoms with Crippen molar-refractivity contribution in [3.8, 4) is 11.5 Å². The van der Waals surface area contributed by atoms with Crippen LogP contribution in [0, 0.1) is 0 Å². The second-order valence-electron chi connectivity index (χ2n) is 7.40. The van der Waals surface area contributed by atoms with Gasteiger partial charge in [-0.1, -0.05) is 23.7 Å². The smallest absolute Gasteiger partial charge is 0.239 e. The number of nitrogens with two attached hydrogens (primary N) is 1. The minimum absolute atomic E-state index is 0.0973. The summed E-state index contributed by atoms with van der Waals surface area (Å²) in [5.41, 5.74) is 6.47. The monoisotopic (exact) mass is 445 g/mol. The van der Waals surface area contributed by atoms with Gasteiger partial charge in [-0.15, -0.1) is 0 Å². The summed E-state index contributed by atoms with van der Waals surface area (Å²) in [6, 6.07) is 14.0. The average molecular weight is 446 g/mol. The summed E-state index contributed by atoms with van der Waals surface area (Å²) < 4.78 is 10.8. The molecule has 0 aliphatic carbocycles. The van der Waals surface area contributed by atoms with Crippen molar-refractivity contribution >= 4 is 23.4 Å². The number of nitrogens with zero attached hydrogens (tertiary/aromatic N) is 2. The molecule has 7 nitrogen and oxygen atoms in total. The number of ether oxygens (including phenoxy) is 2. The number of benzene rings is 2. The van der Waals surface area contributed by atoms with Crippen LogP contribution in [0.3, 0.4) is 0 Å². The van der Waals surface area contributed by atoms with Gasteiger partial charge in [0.1, 0.15) is 17.5 Å². The van der Waals surface area contributed by atoms with Crippen LogP contribution >= 0.6 is 11.6 Å². The van der Waals surface area contributed by atoms with Gasteiger partial charge in [0.05, 0.1) is 13.7 Å². The zero-order valence-corrected chi connectivity index (χ0v) is 18.4. The Kier molecular flexibility index (Phi) is 8.14. The molecular weight excluding hydrogens is 418 g/mol. The molecule has 0 radical (unpaired) electrons. The van der Waals surface area contributed by atoms with Crippen molar-refractivity contribution < 1.29 is 19.1 Å². The van der Waals surface area contributed by atoms with E-state index in [1.807, 2.05) is 46.2 Å². The summed E-state index contributed by atoms with van der Waals surface area (Å²) >= 11 is 5.95. The molecule has 1 aliphatic rings. The summed E-state index contributed by atoms with van der Waals surface area (Å²) in [5, 5.41) is 0.610. The molecule has 0 aromatic heterocycles. The molecule has 31 heavy (non-hydrogen) atoms. The predicted octanol–water partition coefficient (Wildman–Crippen LogP) is 2.88. The first-order valence-corrected chi connectivity index (χ1v) is 10.7. The van der Waals surface area contributed by atoms with Gasteiger partial charge in [-0.2, -0.15) is 0 Å². The first kappa shape index (κ1) is 22.9. The highest BCUT2D eigenvalue weighted by molar-refractivity contribution is 6.30. The van der Waals surface area contributed by atoms with Crippen LogP contribution < -0.4 is 15.2 Å². The number of amides is 2. The first-order valence-electron chi connectivity index (χ1n) is 10.3. The Balaban J connectivity index is 1.43. The van der Waals surface area contributed by atoms with E-state index in [1.165, 1.54) is 0 Å². The lowest BCUT2D eigenvalue weighted by molar-refractivity contribution is -0.134. The van der Waals surface area contributed by atoms with Gasteiger partial charge < -0.3 is 20.1 Å². The van der Waals surface area contributed by atoms with E-state index < -0.39 is 11.9 Å². The van der Waals surface area contributed by atoms with E-state index in [2.05, 4.69) is 0 Å². The summed E-state index contributed by atoms with van der Waals surface area (Å²) in [6.07, 6.45) is 1.06. The summed E-state index contributed by atoms with van der Waals surface area (Å²) in [5.74, 6) is 1.22. The van der Waals surface area contributed by atoms with Crippen molar-refractivity contribution in [2.24, 2.45) is 5.73 Å². The highest BCUT2D eigenvalue weighted by atomic mass is 35.5. The van der Waals surface area contributed by atoms with Gasteiger partial charge in [0.2, 0.25) is 11.8 Å². The van der Waals surface area contributed by atoms with Crippen molar-refractivity contribution in [3.63, 3.8) is 0 Å². The SMILES string of the molecule is COc1ccc(OCCCC(=O)N2CCN([C@@H](C(N)=O)c3ccc(Cl)cc3)CC2)cc1. The van der Waals surface area contributed by atoms with Crippen LogP contribution in [0.1, 0.15) is 24.4 Å². The number of hydrogen-bond acceptors (Lipinski definition) is 5. The second kappa shape index (κ2) is 11.0. The third-order valence-electron chi connectivity index (χ3n) is 5.35. The highest BCUT2D eigenvalue weighted by Gasteiger charge is 2.30. The molecule has 2 aromatic carbocycles. The molecule has 1 atom stereocenters. The third-order valence-corrected chi connectivity index (χ3v) is 5.60. The van der Waals surface area contributed by atoms with Gasteiger partial charge in [0, 0.05) is 37.6 Å². The number of hydrogen-bond donors (Lipinski definition) is 1. The number of methoxy groups -OCH3 is 1. The maximum absolute atomic E-state index is 12.5. The number of carbonyl (C=O) groups excluding carboxylic acids is 2. The number of primary amides is 1. The maximum atomic E-state index is 12.5. The fraction of sp³-hybridized carbons (Fsp3) is 0.391. The minimum Gasteiger partial charge on any atom is -0.497 e. The van der Waals surface area contributed by atoms with Gasteiger partial charge in [0.25, 0.3) is 0 Å². The summed E-state index contributed by atoms with van der Waals surface area (Å²) in [7, 11) is 1.62. The standard InChI is InChI=1S/C23H28ClN3O4/c1-30-19-8-10-20(11-9-19)31-16-2-3-21(28)26-12-14-27(15-13-26)22(23(25)29)17-4-6-18(24)7-5-17/h4-11,22H,2-3,12-16H2,1H3,(H2,25,29)/t22-/m1/s1. The van der Waals surface area contributed by atoms with Gasteiger partial charge in [-0.3, -0.25) is 14.5 Å². The van der Waals surface area contributed by atoms with E-state index >= 15 is 0 Å². The Bertz CT molecular complexity index is 865. The molecule has 3 rings (SSSR count). The quantitative estimate of drug-likeness (QED) is 0.600. The van der Waals surface area contributed by atoms with Gasteiger partial charge in [0.15, 0.2) is 0 Å².